The van der Waals surface area contributed by atoms with Crippen LogP contribution in [0.1, 0.15) is 5.56 Å². The van der Waals surface area contributed by atoms with E-state index < -0.39 is 0 Å². The van der Waals surface area contributed by atoms with Crippen molar-refractivity contribution in [2.24, 2.45) is 0 Å². The molecule has 4 aromatic rings. The molecule has 5 heteroatoms. The van der Waals surface area contributed by atoms with Crippen molar-refractivity contribution in [2.75, 3.05) is 5.32 Å². The average molecular weight is 343 g/mol. The van der Waals surface area contributed by atoms with Gasteiger partial charge in [0.2, 0.25) is 5.91 Å². The monoisotopic (exact) mass is 343 g/mol. The summed E-state index contributed by atoms with van der Waals surface area (Å²) in [7, 11) is 0. The van der Waals surface area contributed by atoms with Gasteiger partial charge in [-0.05, 0) is 42.0 Å². The molecule has 128 valence electrons. The fraction of sp³-hybridized carbons (Fsp3) is 0.0476. The molecular formula is C21H17N3O2. The predicted octanol–water partition coefficient (Wildman–Crippen LogP) is 4.12. The number of carbonyl (C=O) groups is 1. The highest BCUT2D eigenvalue weighted by Gasteiger charge is 2.08. The number of H-pyrrole nitrogens is 1. The van der Waals surface area contributed by atoms with Crippen LogP contribution in [0.2, 0.25) is 0 Å². The van der Waals surface area contributed by atoms with Gasteiger partial charge in [-0.15, -0.1) is 0 Å². The van der Waals surface area contributed by atoms with Crippen LogP contribution < -0.4 is 5.32 Å². The molecule has 1 amide bonds. The van der Waals surface area contributed by atoms with Crippen LogP contribution in [0.4, 0.5) is 5.69 Å². The molecule has 0 atom stereocenters. The Bertz CT molecular complexity index is 1040. The molecule has 5 nitrogen and oxygen atoms in total. The molecule has 4 rings (SSSR count). The first-order valence-corrected chi connectivity index (χ1v) is 8.30. The number of nitrogens with one attached hydrogen (secondary N) is 2. The first-order chi connectivity index (χ1) is 12.7. The third kappa shape index (κ3) is 3.42. The number of carbonyl (C=O) groups excluding carboxylic acids is 1. The van der Waals surface area contributed by atoms with E-state index in [1.165, 1.54) is 0 Å². The third-order valence-electron chi connectivity index (χ3n) is 4.11. The van der Waals surface area contributed by atoms with Crippen LogP contribution in [0, 0.1) is 0 Å². The molecule has 0 saturated heterocycles. The number of benzene rings is 3. The molecule has 0 fully saturated rings. The highest BCUT2D eigenvalue weighted by molar-refractivity contribution is 5.93. The summed E-state index contributed by atoms with van der Waals surface area (Å²) in [6, 6.07) is 22.1. The number of phenolic OH excluding ortho intramolecular Hbond substituents is 1. The summed E-state index contributed by atoms with van der Waals surface area (Å²) < 4.78 is 0. The zero-order chi connectivity index (χ0) is 17.9. The lowest BCUT2D eigenvalue weighted by Gasteiger charge is -2.07. The molecule has 0 aliphatic heterocycles. The minimum absolute atomic E-state index is 0.113. The molecule has 0 saturated carbocycles. The lowest BCUT2D eigenvalue weighted by atomic mass is 10.1. The maximum atomic E-state index is 12.3. The molecule has 1 heterocycles. The number of rotatable bonds is 4. The van der Waals surface area contributed by atoms with Crippen molar-refractivity contribution in [3.8, 4) is 17.1 Å². The number of fused-ring (bicyclic) bond motifs is 1. The molecule has 0 spiro atoms. The number of imidazole rings is 1. The van der Waals surface area contributed by atoms with Crippen LogP contribution in [0.3, 0.4) is 0 Å². The molecule has 0 bridgehead atoms. The Hall–Kier alpha value is -3.60. The quantitative estimate of drug-likeness (QED) is 0.522. The van der Waals surface area contributed by atoms with Crippen molar-refractivity contribution in [1.82, 2.24) is 9.97 Å². The zero-order valence-corrected chi connectivity index (χ0v) is 13.9. The molecule has 26 heavy (non-hydrogen) atoms. The van der Waals surface area contributed by atoms with Crippen molar-refractivity contribution in [1.29, 1.82) is 0 Å². The van der Waals surface area contributed by atoms with E-state index in [1.54, 1.807) is 24.3 Å². The first-order valence-electron chi connectivity index (χ1n) is 8.30. The fourth-order valence-corrected chi connectivity index (χ4v) is 2.84. The molecule has 1 aromatic heterocycles. The standard InChI is InChI=1S/C21H17N3O2/c25-17-10-8-14(9-11-17)12-20(26)22-16-5-3-4-15(13-16)21-23-18-6-1-2-7-19(18)24-21/h1-11,13,25H,12H2,(H,22,26)(H,23,24). The van der Waals surface area contributed by atoms with Gasteiger partial charge in [0, 0.05) is 11.3 Å². The van der Waals surface area contributed by atoms with Crippen LogP contribution in [0.5, 0.6) is 5.75 Å². The Labute approximate surface area is 150 Å². The summed E-state index contributed by atoms with van der Waals surface area (Å²) in [5, 5.41) is 12.2. The van der Waals surface area contributed by atoms with Gasteiger partial charge in [0.25, 0.3) is 0 Å². The number of anilines is 1. The topological polar surface area (TPSA) is 78.0 Å². The number of amides is 1. The van der Waals surface area contributed by atoms with Crippen molar-refractivity contribution >= 4 is 22.6 Å². The van der Waals surface area contributed by atoms with Gasteiger partial charge in [-0.2, -0.15) is 0 Å². The number of nitrogens with zero attached hydrogens (tertiary/aromatic N) is 1. The van der Waals surface area contributed by atoms with Gasteiger partial charge in [-0.25, -0.2) is 4.98 Å². The Morgan fingerprint density at radius 1 is 1.00 bits per heavy atom. The van der Waals surface area contributed by atoms with Crippen molar-refractivity contribution in [2.45, 2.75) is 6.42 Å². The van der Waals surface area contributed by atoms with Crippen molar-refractivity contribution in [3.63, 3.8) is 0 Å². The van der Waals surface area contributed by atoms with Gasteiger partial charge in [-0.1, -0.05) is 36.4 Å². The van der Waals surface area contributed by atoms with Crippen molar-refractivity contribution < 1.29 is 9.90 Å². The minimum atomic E-state index is -0.113. The van der Waals surface area contributed by atoms with E-state index in [4.69, 9.17) is 0 Å². The summed E-state index contributed by atoms with van der Waals surface area (Å²) in [6.07, 6.45) is 0.245. The zero-order valence-electron chi connectivity index (χ0n) is 13.9. The van der Waals surface area contributed by atoms with Crippen LogP contribution >= 0.6 is 0 Å². The SMILES string of the molecule is O=C(Cc1ccc(O)cc1)Nc1cccc(-c2nc3ccccc3[nH]2)c1. The number of hydrogen-bond acceptors (Lipinski definition) is 3. The second-order valence-corrected chi connectivity index (χ2v) is 6.07. The number of aromatic hydroxyl groups is 1. The molecule has 3 N–H and O–H groups in total. The highest BCUT2D eigenvalue weighted by atomic mass is 16.3. The summed E-state index contributed by atoms with van der Waals surface area (Å²) >= 11 is 0. The lowest BCUT2D eigenvalue weighted by molar-refractivity contribution is -0.115. The van der Waals surface area contributed by atoms with Gasteiger partial charge >= 0.3 is 0 Å². The van der Waals surface area contributed by atoms with Gasteiger partial charge in [0.05, 0.1) is 17.5 Å². The van der Waals surface area contributed by atoms with E-state index in [0.717, 1.165) is 28.0 Å². The molecule has 3 aromatic carbocycles. The van der Waals surface area contributed by atoms with E-state index >= 15 is 0 Å². The van der Waals surface area contributed by atoms with E-state index in [1.807, 2.05) is 48.5 Å². The fourth-order valence-electron chi connectivity index (χ4n) is 2.84. The van der Waals surface area contributed by atoms with E-state index in [0.29, 0.717) is 5.69 Å². The molecule has 0 aliphatic carbocycles. The lowest BCUT2D eigenvalue weighted by Crippen LogP contribution is -2.14. The van der Waals surface area contributed by atoms with Gasteiger partial charge in [-0.3, -0.25) is 4.79 Å². The van der Waals surface area contributed by atoms with Crippen molar-refractivity contribution in [3.05, 3.63) is 78.4 Å². The number of phenols is 1. The number of hydrogen-bond donors (Lipinski definition) is 3. The van der Waals surface area contributed by atoms with Crippen LogP contribution in [-0.2, 0) is 11.2 Å². The molecule has 0 aliphatic rings. The van der Waals surface area contributed by atoms with Crippen LogP contribution in [0.25, 0.3) is 22.4 Å². The second kappa shape index (κ2) is 6.72. The maximum Gasteiger partial charge on any atom is 0.228 e. The summed E-state index contributed by atoms with van der Waals surface area (Å²) in [5.41, 5.74) is 4.35. The number of para-hydroxylation sites is 2. The summed E-state index contributed by atoms with van der Waals surface area (Å²) in [4.78, 5) is 20.1. The molecule has 0 radical (unpaired) electrons. The Morgan fingerprint density at radius 2 is 1.81 bits per heavy atom. The minimum Gasteiger partial charge on any atom is -0.508 e. The largest absolute Gasteiger partial charge is 0.508 e. The highest BCUT2D eigenvalue weighted by Crippen LogP contribution is 2.23. The predicted molar refractivity (Wildman–Crippen MR) is 102 cm³/mol. The van der Waals surface area contributed by atoms with Gasteiger partial charge < -0.3 is 15.4 Å². The second-order valence-electron chi connectivity index (χ2n) is 6.07. The van der Waals surface area contributed by atoms with Crippen LogP contribution in [0.15, 0.2) is 72.8 Å². The third-order valence-corrected chi connectivity index (χ3v) is 4.11. The van der Waals surface area contributed by atoms with E-state index in [9.17, 15) is 9.90 Å². The smallest absolute Gasteiger partial charge is 0.228 e. The van der Waals surface area contributed by atoms with Crippen LogP contribution in [-0.4, -0.2) is 21.0 Å². The summed E-state index contributed by atoms with van der Waals surface area (Å²) in [6.45, 7) is 0. The Kier molecular flexibility index (Phi) is 4.11. The molecular weight excluding hydrogens is 326 g/mol. The number of aromatic amines is 1. The number of aromatic nitrogens is 2. The average Bonchev–Trinajstić information content (AvgIpc) is 3.08. The van der Waals surface area contributed by atoms with E-state index in [2.05, 4.69) is 15.3 Å². The normalized spacial score (nSPS) is 10.8. The Balaban J connectivity index is 1.51. The van der Waals surface area contributed by atoms with Gasteiger partial charge in [0.15, 0.2) is 0 Å². The van der Waals surface area contributed by atoms with E-state index in [-0.39, 0.29) is 18.1 Å². The first kappa shape index (κ1) is 15.9. The maximum absolute atomic E-state index is 12.3. The Morgan fingerprint density at radius 3 is 2.62 bits per heavy atom. The molecule has 0 unspecified atom stereocenters. The van der Waals surface area contributed by atoms with Gasteiger partial charge in [0.1, 0.15) is 11.6 Å². The summed E-state index contributed by atoms with van der Waals surface area (Å²) in [5.74, 6) is 0.839.